The van der Waals surface area contributed by atoms with Gasteiger partial charge in [-0.25, -0.2) is 0 Å². The highest BCUT2D eigenvalue weighted by molar-refractivity contribution is 6.12. The Morgan fingerprint density at radius 2 is 1.89 bits per heavy atom. The maximum Gasteiger partial charge on any atom is 0.416 e. The molecule has 0 atom stereocenters. The molecule has 0 aromatic heterocycles. The van der Waals surface area contributed by atoms with Crippen molar-refractivity contribution in [1.82, 2.24) is 0 Å². The third kappa shape index (κ3) is 4.66. The monoisotopic (exact) mass is 269 g/mol. The van der Waals surface area contributed by atoms with Gasteiger partial charge < -0.3 is 5.21 Å². The average Bonchev–Trinajstić information content (AvgIpc) is 2.38. The fraction of sp³-hybridized carbons (Fsp3) is 0.357. The van der Waals surface area contributed by atoms with Crippen LogP contribution in [0.25, 0.3) is 0 Å². The first-order chi connectivity index (χ1) is 8.99. The molecular formula is C14H14F3NO. The van der Waals surface area contributed by atoms with Crippen LogP contribution in [0.1, 0.15) is 37.3 Å². The Kier molecular flexibility index (Phi) is 5.43. The van der Waals surface area contributed by atoms with Crippen molar-refractivity contribution in [2.24, 2.45) is 5.16 Å². The lowest BCUT2D eigenvalue weighted by atomic mass is 10.1. The van der Waals surface area contributed by atoms with Crippen LogP contribution in [-0.4, -0.2) is 10.9 Å². The zero-order valence-electron chi connectivity index (χ0n) is 10.5. The minimum absolute atomic E-state index is 0.0739. The highest BCUT2D eigenvalue weighted by Gasteiger charge is 2.30. The van der Waals surface area contributed by atoms with Crippen LogP contribution < -0.4 is 0 Å². The summed E-state index contributed by atoms with van der Waals surface area (Å²) in [5.74, 6) is 5.47. The molecule has 0 radical (unpaired) electrons. The van der Waals surface area contributed by atoms with Gasteiger partial charge >= 0.3 is 6.18 Å². The molecule has 1 rings (SSSR count). The van der Waals surface area contributed by atoms with E-state index in [2.05, 4.69) is 17.0 Å². The number of halogens is 3. The molecule has 0 saturated heterocycles. The van der Waals surface area contributed by atoms with E-state index in [0.717, 1.165) is 25.0 Å². The summed E-state index contributed by atoms with van der Waals surface area (Å²) < 4.78 is 37.1. The summed E-state index contributed by atoms with van der Waals surface area (Å²) in [5.41, 5.74) is -0.309. The smallest absolute Gasteiger partial charge is 0.410 e. The predicted octanol–water partition coefficient (Wildman–Crippen LogP) is 4.08. The summed E-state index contributed by atoms with van der Waals surface area (Å²) in [7, 11) is 0. The third-order valence-electron chi connectivity index (χ3n) is 2.45. The van der Waals surface area contributed by atoms with Crippen molar-refractivity contribution in [3.8, 4) is 11.8 Å². The lowest BCUT2D eigenvalue weighted by Crippen LogP contribution is -2.05. The Morgan fingerprint density at radius 1 is 1.26 bits per heavy atom. The van der Waals surface area contributed by atoms with E-state index in [1.807, 2.05) is 6.92 Å². The first kappa shape index (κ1) is 15.1. The molecule has 1 N–H and O–H groups in total. The van der Waals surface area contributed by atoms with Crippen LogP contribution in [0.2, 0.25) is 0 Å². The van der Waals surface area contributed by atoms with E-state index >= 15 is 0 Å². The van der Waals surface area contributed by atoms with Gasteiger partial charge in [-0.2, -0.15) is 13.2 Å². The van der Waals surface area contributed by atoms with E-state index in [0.29, 0.717) is 12.0 Å². The first-order valence-corrected chi connectivity index (χ1v) is 5.87. The number of oxime groups is 1. The SMILES string of the molecule is CCCCC#CC(=NO)c1ccc(C(F)(F)F)cc1. The number of benzene rings is 1. The van der Waals surface area contributed by atoms with E-state index < -0.39 is 11.7 Å². The molecular weight excluding hydrogens is 255 g/mol. The van der Waals surface area contributed by atoms with Crippen LogP contribution in [0.4, 0.5) is 13.2 Å². The zero-order chi connectivity index (χ0) is 14.3. The van der Waals surface area contributed by atoms with Crippen LogP contribution in [0.3, 0.4) is 0 Å². The summed E-state index contributed by atoms with van der Waals surface area (Å²) in [5, 5.41) is 11.8. The molecule has 0 amide bonds. The molecule has 0 bridgehead atoms. The van der Waals surface area contributed by atoms with Crippen molar-refractivity contribution >= 4 is 5.71 Å². The van der Waals surface area contributed by atoms with E-state index in [1.165, 1.54) is 12.1 Å². The van der Waals surface area contributed by atoms with Gasteiger partial charge in [0.05, 0.1) is 5.56 Å². The third-order valence-corrected chi connectivity index (χ3v) is 2.45. The molecule has 5 heteroatoms. The highest BCUT2D eigenvalue weighted by Crippen LogP contribution is 2.29. The van der Waals surface area contributed by atoms with Crippen LogP contribution in [-0.2, 0) is 6.18 Å². The Bertz CT molecular complexity index is 492. The predicted molar refractivity (Wildman–Crippen MR) is 67.1 cm³/mol. The molecule has 19 heavy (non-hydrogen) atoms. The molecule has 102 valence electrons. The van der Waals surface area contributed by atoms with Crippen molar-refractivity contribution in [1.29, 1.82) is 0 Å². The number of alkyl halides is 3. The lowest BCUT2D eigenvalue weighted by Gasteiger charge is -2.06. The number of hydrogen-bond acceptors (Lipinski definition) is 2. The van der Waals surface area contributed by atoms with Gasteiger partial charge in [-0.05, 0) is 24.5 Å². The van der Waals surface area contributed by atoms with Gasteiger partial charge in [-0.1, -0.05) is 36.6 Å². The fourth-order valence-electron chi connectivity index (χ4n) is 1.38. The molecule has 0 aliphatic carbocycles. The van der Waals surface area contributed by atoms with Gasteiger partial charge in [-0.3, -0.25) is 0 Å². The zero-order valence-corrected chi connectivity index (χ0v) is 10.5. The van der Waals surface area contributed by atoms with E-state index in [4.69, 9.17) is 5.21 Å². The summed E-state index contributed by atoms with van der Waals surface area (Å²) in [6, 6.07) is 4.36. The van der Waals surface area contributed by atoms with E-state index in [9.17, 15) is 13.2 Å². The van der Waals surface area contributed by atoms with Crippen LogP contribution >= 0.6 is 0 Å². The normalized spacial score (nSPS) is 11.9. The Hall–Kier alpha value is -1.96. The second-order valence-electron chi connectivity index (χ2n) is 3.93. The number of unbranched alkanes of at least 4 members (excludes halogenated alkanes) is 2. The first-order valence-electron chi connectivity index (χ1n) is 5.87. The molecule has 1 aromatic carbocycles. The van der Waals surface area contributed by atoms with Gasteiger partial charge in [0.2, 0.25) is 0 Å². The summed E-state index contributed by atoms with van der Waals surface area (Å²) >= 11 is 0. The van der Waals surface area contributed by atoms with Gasteiger partial charge in [0.1, 0.15) is 0 Å². The highest BCUT2D eigenvalue weighted by atomic mass is 19.4. The summed E-state index contributed by atoms with van der Waals surface area (Å²) in [4.78, 5) is 0. The Balaban J connectivity index is 2.86. The summed E-state index contributed by atoms with van der Waals surface area (Å²) in [6.07, 6.45) is -1.78. The van der Waals surface area contributed by atoms with E-state index in [-0.39, 0.29) is 5.71 Å². The molecule has 1 aromatic rings. The lowest BCUT2D eigenvalue weighted by molar-refractivity contribution is -0.137. The molecule has 0 fully saturated rings. The number of nitrogens with zero attached hydrogens (tertiary/aromatic N) is 1. The van der Waals surface area contributed by atoms with Crippen molar-refractivity contribution < 1.29 is 18.4 Å². The molecule has 0 saturated carbocycles. The fourth-order valence-corrected chi connectivity index (χ4v) is 1.38. The Morgan fingerprint density at radius 3 is 2.37 bits per heavy atom. The second kappa shape index (κ2) is 6.83. The standard InChI is InChI=1S/C14H14F3NO/c1-2-3-4-5-6-13(18-19)11-7-9-12(10-8-11)14(15,16)17/h7-10,19H,2-4H2,1H3. The molecule has 0 unspecified atom stereocenters. The maximum absolute atomic E-state index is 12.4. The largest absolute Gasteiger partial charge is 0.416 e. The minimum atomic E-state index is -4.37. The van der Waals surface area contributed by atoms with E-state index in [1.54, 1.807) is 0 Å². The topological polar surface area (TPSA) is 32.6 Å². The summed E-state index contributed by atoms with van der Waals surface area (Å²) in [6.45, 7) is 2.03. The Labute approximate surface area is 109 Å². The second-order valence-corrected chi connectivity index (χ2v) is 3.93. The molecule has 0 aliphatic heterocycles. The molecule has 0 aliphatic rings. The quantitative estimate of drug-likeness (QED) is 0.290. The van der Waals surface area contributed by atoms with Gasteiger partial charge in [0, 0.05) is 12.0 Å². The van der Waals surface area contributed by atoms with Crippen molar-refractivity contribution in [2.75, 3.05) is 0 Å². The number of rotatable bonds is 3. The minimum Gasteiger partial charge on any atom is -0.410 e. The van der Waals surface area contributed by atoms with Crippen LogP contribution in [0.5, 0.6) is 0 Å². The van der Waals surface area contributed by atoms with Crippen molar-refractivity contribution in [3.05, 3.63) is 35.4 Å². The van der Waals surface area contributed by atoms with Gasteiger partial charge in [0.25, 0.3) is 0 Å². The van der Waals surface area contributed by atoms with Crippen molar-refractivity contribution in [2.45, 2.75) is 32.4 Å². The average molecular weight is 269 g/mol. The molecule has 2 nitrogen and oxygen atoms in total. The molecule has 0 spiro atoms. The van der Waals surface area contributed by atoms with Crippen molar-refractivity contribution in [3.63, 3.8) is 0 Å². The van der Waals surface area contributed by atoms with Crippen LogP contribution in [0, 0.1) is 11.8 Å². The van der Waals surface area contributed by atoms with Gasteiger partial charge in [-0.15, -0.1) is 0 Å². The number of hydrogen-bond donors (Lipinski definition) is 1. The van der Waals surface area contributed by atoms with Gasteiger partial charge in [0.15, 0.2) is 5.71 Å². The van der Waals surface area contributed by atoms with Crippen LogP contribution in [0.15, 0.2) is 29.4 Å². The maximum atomic E-state index is 12.4. The molecule has 0 heterocycles.